The van der Waals surface area contributed by atoms with Crippen molar-refractivity contribution >= 4 is 5.91 Å². The lowest BCUT2D eigenvalue weighted by atomic mass is 9.81. The summed E-state index contributed by atoms with van der Waals surface area (Å²) >= 11 is 0. The van der Waals surface area contributed by atoms with E-state index in [9.17, 15) is 4.79 Å². The van der Waals surface area contributed by atoms with Crippen molar-refractivity contribution in [3.8, 4) is 17.2 Å². The molecule has 0 N–H and O–H groups in total. The largest absolute Gasteiger partial charge is 0.493 e. The number of carbonyl (C=O) groups is 1. The first-order valence-corrected chi connectivity index (χ1v) is 12.0. The summed E-state index contributed by atoms with van der Waals surface area (Å²) in [6.45, 7) is 5.25. The Morgan fingerprint density at radius 3 is 2.55 bits per heavy atom. The summed E-state index contributed by atoms with van der Waals surface area (Å²) in [7, 11) is 1.60. The molecule has 0 bridgehead atoms. The molecule has 1 saturated heterocycles. The highest BCUT2D eigenvalue weighted by Crippen LogP contribution is 2.47. The van der Waals surface area contributed by atoms with Crippen molar-refractivity contribution in [1.82, 2.24) is 4.90 Å². The van der Waals surface area contributed by atoms with Crippen LogP contribution in [0.4, 0.5) is 0 Å². The summed E-state index contributed by atoms with van der Waals surface area (Å²) in [5.74, 6) is 2.17. The number of nitrogens with zero attached hydrogens (tertiary/aromatic N) is 1. The fourth-order valence-corrected chi connectivity index (χ4v) is 4.88. The second-order valence-corrected chi connectivity index (χ2v) is 9.68. The highest BCUT2D eigenvalue weighted by molar-refractivity contribution is 5.95. The number of hydrogen-bond donors (Lipinski definition) is 0. The lowest BCUT2D eigenvalue weighted by Crippen LogP contribution is -2.52. The molecule has 1 aliphatic carbocycles. The summed E-state index contributed by atoms with van der Waals surface area (Å²) in [5, 5.41) is 0. The fraction of sp³-hybridized carbons (Fsp3) is 0.519. The van der Waals surface area contributed by atoms with Crippen LogP contribution in [0.5, 0.6) is 17.2 Å². The van der Waals surface area contributed by atoms with Gasteiger partial charge in [-0.05, 0) is 51.0 Å². The Kier molecular flexibility index (Phi) is 5.95. The Hall–Kier alpha value is -2.73. The van der Waals surface area contributed by atoms with Gasteiger partial charge in [-0.2, -0.15) is 0 Å². The van der Waals surface area contributed by atoms with Gasteiger partial charge in [-0.1, -0.05) is 18.2 Å². The standard InChI is InChI=1S/C27H33NO5/c1-18(2)31-23-11-8-19(16-24(23)30-3)26(29)28-14-12-27(13-15-28)17-25(32-20-9-10-20)21-6-4-5-7-22(21)33-27/h4-8,11,16,18,20,25H,9-10,12-15,17H2,1-3H3. The quantitative estimate of drug-likeness (QED) is 0.607. The summed E-state index contributed by atoms with van der Waals surface area (Å²) in [5.41, 5.74) is 1.49. The van der Waals surface area contributed by atoms with Crippen LogP contribution in [-0.4, -0.2) is 48.8 Å². The van der Waals surface area contributed by atoms with Crippen molar-refractivity contribution in [1.29, 1.82) is 0 Å². The number of ether oxygens (including phenoxy) is 4. The molecule has 2 aliphatic heterocycles. The molecule has 2 aromatic rings. The maximum Gasteiger partial charge on any atom is 0.253 e. The van der Waals surface area contributed by atoms with E-state index in [0.29, 0.717) is 36.3 Å². The molecule has 6 nitrogen and oxygen atoms in total. The fourth-order valence-electron chi connectivity index (χ4n) is 4.88. The molecular weight excluding hydrogens is 418 g/mol. The number of benzene rings is 2. The molecule has 33 heavy (non-hydrogen) atoms. The van der Waals surface area contributed by atoms with Gasteiger partial charge in [0.1, 0.15) is 11.4 Å². The molecule has 0 aromatic heterocycles. The molecule has 1 saturated carbocycles. The van der Waals surface area contributed by atoms with E-state index in [4.69, 9.17) is 18.9 Å². The molecule has 1 atom stereocenters. The predicted molar refractivity (Wildman–Crippen MR) is 125 cm³/mol. The summed E-state index contributed by atoms with van der Waals surface area (Å²) in [6, 6.07) is 13.6. The molecule has 2 heterocycles. The van der Waals surface area contributed by atoms with Gasteiger partial charge in [-0.15, -0.1) is 0 Å². The first-order chi connectivity index (χ1) is 16.0. The number of hydrogen-bond acceptors (Lipinski definition) is 5. The van der Waals surface area contributed by atoms with E-state index >= 15 is 0 Å². The van der Waals surface area contributed by atoms with Gasteiger partial charge >= 0.3 is 0 Å². The number of para-hydroxylation sites is 1. The number of rotatable bonds is 6. The van der Waals surface area contributed by atoms with E-state index in [1.807, 2.05) is 43.0 Å². The Labute approximate surface area is 195 Å². The third-order valence-electron chi connectivity index (χ3n) is 6.77. The van der Waals surface area contributed by atoms with Crippen molar-refractivity contribution in [2.75, 3.05) is 20.2 Å². The average Bonchev–Trinajstić information content (AvgIpc) is 3.63. The van der Waals surface area contributed by atoms with E-state index < -0.39 is 0 Å². The number of likely N-dealkylation sites (tertiary alicyclic amines) is 1. The van der Waals surface area contributed by atoms with Gasteiger partial charge in [0.15, 0.2) is 11.5 Å². The van der Waals surface area contributed by atoms with Crippen LogP contribution in [0.2, 0.25) is 0 Å². The molecule has 2 fully saturated rings. The topological polar surface area (TPSA) is 57.2 Å². The molecule has 1 unspecified atom stereocenters. The zero-order valence-electron chi connectivity index (χ0n) is 19.7. The lowest BCUT2D eigenvalue weighted by molar-refractivity contribution is -0.0767. The molecule has 2 aromatic carbocycles. The van der Waals surface area contributed by atoms with Crippen LogP contribution in [0.1, 0.15) is 68.0 Å². The molecule has 3 aliphatic rings. The molecule has 1 amide bonds. The minimum atomic E-state index is -0.280. The van der Waals surface area contributed by atoms with Crippen LogP contribution < -0.4 is 14.2 Å². The first kappa shape index (κ1) is 22.1. The van der Waals surface area contributed by atoms with E-state index in [0.717, 1.165) is 43.4 Å². The Morgan fingerprint density at radius 1 is 1.09 bits per heavy atom. The number of methoxy groups -OCH3 is 1. The summed E-state index contributed by atoms with van der Waals surface area (Å²) < 4.78 is 24.2. The normalized spacial score (nSPS) is 21.5. The van der Waals surface area contributed by atoms with Crippen LogP contribution in [0, 0.1) is 0 Å². The first-order valence-electron chi connectivity index (χ1n) is 12.0. The Balaban J connectivity index is 1.28. The minimum absolute atomic E-state index is 0.0150. The highest BCUT2D eigenvalue weighted by atomic mass is 16.5. The zero-order chi connectivity index (χ0) is 23.0. The van der Waals surface area contributed by atoms with E-state index in [2.05, 4.69) is 12.1 Å². The number of amides is 1. The smallest absolute Gasteiger partial charge is 0.253 e. The van der Waals surface area contributed by atoms with Crippen LogP contribution in [0.15, 0.2) is 42.5 Å². The van der Waals surface area contributed by atoms with Gasteiger partial charge in [0.25, 0.3) is 5.91 Å². The van der Waals surface area contributed by atoms with Crippen molar-refractivity contribution < 1.29 is 23.7 Å². The van der Waals surface area contributed by atoms with Crippen LogP contribution in [0.3, 0.4) is 0 Å². The molecule has 6 heteroatoms. The van der Waals surface area contributed by atoms with Gasteiger partial charge in [0, 0.05) is 43.5 Å². The molecular formula is C27H33NO5. The second kappa shape index (κ2) is 8.90. The van der Waals surface area contributed by atoms with Gasteiger partial charge in [-0.3, -0.25) is 4.79 Å². The van der Waals surface area contributed by atoms with E-state index in [1.54, 1.807) is 13.2 Å². The molecule has 1 spiro atoms. The van der Waals surface area contributed by atoms with E-state index in [-0.39, 0.29) is 23.7 Å². The molecule has 5 rings (SSSR count). The Bertz CT molecular complexity index is 1010. The summed E-state index contributed by atoms with van der Waals surface area (Å²) in [6.07, 6.45) is 5.23. The van der Waals surface area contributed by atoms with Crippen LogP contribution in [-0.2, 0) is 4.74 Å². The van der Waals surface area contributed by atoms with Crippen molar-refractivity contribution in [2.45, 2.75) is 69.9 Å². The van der Waals surface area contributed by atoms with Gasteiger partial charge < -0.3 is 23.8 Å². The Morgan fingerprint density at radius 2 is 1.85 bits per heavy atom. The van der Waals surface area contributed by atoms with Gasteiger partial charge in [0.2, 0.25) is 0 Å². The van der Waals surface area contributed by atoms with Crippen LogP contribution >= 0.6 is 0 Å². The third-order valence-corrected chi connectivity index (χ3v) is 6.77. The monoisotopic (exact) mass is 451 g/mol. The lowest BCUT2D eigenvalue weighted by Gasteiger charge is -2.46. The van der Waals surface area contributed by atoms with Gasteiger partial charge in [0.05, 0.1) is 25.4 Å². The minimum Gasteiger partial charge on any atom is -0.493 e. The maximum atomic E-state index is 13.3. The van der Waals surface area contributed by atoms with Crippen molar-refractivity contribution in [3.63, 3.8) is 0 Å². The SMILES string of the molecule is COc1cc(C(=O)N2CCC3(CC2)CC(OC2CC2)c2ccccc2O3)ccc1OC(C)C. The van der Waals surface area contributed by atoms with Crippen molar-refractivity contribution in [2.24, 2.45) is 0 Å². The molecule has 0 radical (unpaired) electrons. The third kappa shape index (κ3) is 4.67. The number of fused-ring (bicyclic) bond motifs is 1. The van der Waals surface area contributed by atoms with Crippen molar-refractivity contribution in [3.05, 3.63) is 53.6 Å². The van der Waals surface area contributed by atoms with Gasteiger partial charge in [-0.25, -0.2) is 0 Å². The predicted octanol–water partition coefficient (Wildman–Crippen LogP) is 5.16. The van der Waals surface area contributed by atoms with Crippen LogP contribution in [0.25, 0.3) is 0 Å². The summed E-state index contributed by atoms with van der Waals surface area (Å²) in [4.78, 5) is 15.2. The zero-order valence-corrected chi connectivity index (χ0v) is 19.7. The maximum absolute atomic E-state index is 13.3. The number of carbonyl (C=O) groups excluding carboxylic acids is 1. The van der Waals surface area contributed by atoms with E-state index in [1.165, 1.54) is 0 Å². The average molecular weight is 452 g/mol. The highest BCUT2D eigenvalue weighted by Gasteiger charge is 2.45. The number of piperidine rings is 1. The molecule has 176 valence electrons. The second-order valence-electron chi connectivity index (χ2n) is 9.68.